The molecule has 2 aromatic heterocycles. The van der Waals surface area contributed by atoms with Gasteiger partial charge in [-0.3, -0.25) is 4.79 Å². The average molecular weight is 543 g/mol. The van der Waals surface area contributed by atoms with Gasteiger partial charge in [0, 0.05) is 11.4 Å². The van der Waals surface area contributed by atoms with Crippen molar-refractivity contribution in [1.82, 2.24) is 14.8 Å². The molecule has 0 fully saturated rings. The monoisotopic (exact) mass is 542 g/mol. The third kappa shape index (κ3) is 6.54. The molecule has 1 aliphatic carbocycles. The minimum absolute atomic E-state index is 0.150. The topological polar surface area (TPSA) is 95.3 Å². The second kappa shape index (κ2) is 12.1. The number of fused-ring (bicyclic) bond motifs is 1. The van der Waals surface area contributed by atoms with E-state index in [9.17, 15) is 9.59 Å². The van der Waals surface area contributed by atoms with E-state index < -0.39 is 0 Å². The van der Waals surface area contributed by atoms with Gasteiger partial charge in [0.15, 0.2) is 11.0 Å². The summed E-state index contributed by atoms with van der Waals surface area (Å²) in [5.74, 6) is 1.65. The Morgan fingerprint density at radius 3 is 2.65 bits per heavy atom. The van der Waals surface area contributed by atoms with Crippen molar-refractivity contribution in [3.05, 3.63) is 51.2 Å². The maximum absolute atomic E-state index is 12.9. The van der Waals surface area contributed by atoms with Gasteiger partial charge in [0.25, 0.3) is 0 Å². The van der Waals surface area contributed by atoms with Crippen molar-refractivity contribution in [1.29, 1.82) is 0 Å². The van der Waals surface area contributed by atoms with Crippen molar-refractivity contribution >= 4 is 40.0 Å². The number of aromatic nitrogens is 3. The van der Waals surface area contributed by atoms with E-state index in [1.807, 2.05) is 37.5 Å². The summed E-state index contributed by atoms with van der Waals surface area (Å²) in [5, 5.41) is 12.8. The molecule has 198 valence electrons. The maximum Gasteiger partial charge on any atom is 0.341 e. The van der Waals surface area contributed by atoms with Crippen LogP contribution in [0, 0.1) is 19.8 Å². The molecule has 10 heteroatoms. The van der Waals surface area contributed by atoms with Crippen LogP contribution in [0.2, 0.25) is 0 Å². The summed E-state index contributed by atoms with van der Waals surface area (Å²) in [5.41, 5.74) is 3.83. The van der Waals surface area contributed by atoms with Gasteiger partial charge in [0.2, 0.25) is 5.91 Å². The average Bonchev–Trinajstić information content (AvgIpc) is 3.40. The van der Waals surface area contributed by atoms with Crippen LogP contribution in [0.5, 0.6) is 5.75 Å². The molecule has 2 heterocycles. The van der Waals surface area contributed by atoms with Gasteiger partial charge in [-0.1, -0.05) is 24.8 Å². The maximum atomic E-state index is 12.9. The summed E-state index contributed by atoms with van der Waals surface area (Å²) >= 11 is 2.81. The normalized spacial score (nSPS) is 14.8. The van der Waals surface area contributed by atoms with E-state index in [1.165, 1.54) is 28.0 Å². The molecule has 0 saturated carbocycles. The number of benzene rings is 1. The van der Waals surface area contributed by atoms with Crippen molar-refractivity contribution in [3.8, 4) is 5.75 Å². The van der Waals surface area contributed by atoms with Gasteiger partial charge >= 0.3 is 5.97 Å². The highest BCUT2D eigenvalue weighted by molar-refractivity contribution is 7.99. The van der Waals surface area contributed by atoms with Crippen molar-refractivity contribution in [2.45, 2.75) is 72.2 Å². The molecule has 1 amide bonds. The van der Waals surface area contributed by atoms with Crippen LogP contribution in [0.1, 0.15) is 64.9 Å². The molecule has 1 atom stereocenters. The van der Waals surface area contributed by atoms with E-state index >= 15 is 0 Å². The van der Waals surface area contributed by atoms with E-state index in [4.69, 9.17) is 9.47 Å². The molecule has 1 aliphatic rings. The molecular weight excluding hydrogens is 508 g/mol. The van der Waals surface area contributed by atoms with Crippen LogP contribution < -0.4 is 10.1 Å². The zero-order chi connectivity index (χ0) is 26.5. The van der Waals surface area contributed by atoms with E-state index in [0.29, 0.717) is 47.2 Å². The van der Waals surface area contributed by atoms with Crippen molar-refractivity contribution < 1.29 is 19.1 Å². The SMILES string of the molecule is CCOC(=O)c1c(NC(=O)CSc2nnc(COc3cc(C)cc(C)c3)n2CC)sc2c1CCC(C)C2. The summed E-state index contributed by atoms with van der Waals surface area (Å²) in [7, 11) is 0. The zero-order valence-corrected chi connectivity index (χ0v) is 23.7. The smallest absolute Gasteiger partial charge is 0.341 e. The minimum atomic E-state index is -0.364. The fourth-order valence-electron chi connectivity index (χ4n) is 4.57. The second-order valence-corrected chi connectivity index (χ2v) is 11.4. The molecule has 3 aromatic rings. The summed E-state index contributed by atoms with van der Waals surface area (Å²) in [6.45, 7) is 11.3. The van der Waals surface area contributed by atoms with Gasteiger partial charge in [-0.25, -0.2) is 4.79 Å². The van der Waals surface area contributed by atoms with Crippen molar-refractivity contribution in [3.63, 3.8) is 0 Å². The highest BCUT2D eigenvalue weighted by Gasteiger charge is 2.29. The third-order valence-electron chi connectivity index (χ3n) is 6.25. The fourth-order valence-corrected chi connectivity index (χ4v) is 6.80. The van der Waals surface area contributed by atoms with Crippen LogP contribution in [0.3, 0.4) is 0 Å². The first-order valence-electron chi connectivity index (χ1n) is 12.7. The summed E-state index contributed by atoms with van der Waals surface area (Å²) in [6, 6.07) is 6.09. The molecule has 0 spiro atoms. The first-order chi connectivity index (χ1) is 17.8. The predicted octanol–water partition coefficient (Wildman–Crippen LogP) is 5.59. The van der Waals surface area contributed by atoms with Gasteiger partial charge < -0.3 is 19.4 Å². The van der Waals surface area contributed by atoms with Crippen molar-refractivity contribution in [2.24, 2.45) is 5.92 Å². The van der Waals surface area contributed by atoms with Crippen LogP contribution in [-0.2, 0) is 35.5 Å². The molecule has 0 aliphatic heterocycles. The second-order valence-electron chi connectivity index (χ2n) is 9.37. The van der Waals surface area contributed by atoms with Crippen LogP contribution in [0.15, 0.2) is 23.4 Å². The lowest BCUT2D eigenvalue weighted by atomic mass is 9.88. The highest BCUT2D eigenvalue weighted by atomic mass is 32.2. The lowest BCUT2D eigenvalue weighted by Crippen LogP contribution is -2.18. The van der Waals surface area contributed by atoms with E-state index in [1.54, 1.807) is 6.92 Å². The number of carbonyl (C=O) groups is 2. The first kappa shape index (κ1) is 27.2. The Kier molecular flexibility index (Phi) is 8.91. The first-order valence-corrected chi connectivity index (χ1v) is 14.5. The van der Waals surface area contributed by atoms with E-state index in [2.05, 4.69) is 28.5 Å². The number of amides is 1. The zero-order valence-electron chi connectivity index (χ0n) is 22.1. The Morgan fingerprint density at radius 2 is 1.95 bits per heavy atom. The summed E-state index contributed by atoms with van der Waals surface area (Å²) in [4.78, 5) is 26.8. The summed E-state index contributed by atoms with van der Waals surface area (Å²) in [6.07, 6.45) is 2.78. The van der Waals surface area contributed by atoms with Crippen LogP contribution in [0.4, 0.5) is 5.00 Å². The third-order valence-corrected chi connectivity index (χ3v) is 8.39. The number of hydrogen-bond acceptors (Lipinski definition) is 8. The number of rotatable bonds is 10. The number of anilines is 1. The molecule has 0 radical (unpaired) electrons. The van der Waals surface area contributed by atoms with Gasteiger partial charge in [-0.05, 0) is 81.7 Å². The Bertz CT molecular complexity index is 1260. The quantitative estimate of drug-likeness (QED) is 0.264. The molecule has 8 nitrogen and oxygen atoms in total. The van der Waals surface area contributed by atoms with E-state index in [0.717, 1.165) is 41.7 Å². The van der Waals surface area contributed by atoms with Gasteiger partial charge in [-0.2, -0.15) is 0 Å². The summed E-state index contributed by atoms with van der Waals surface area (Å²) < 4.78 is 13.2. The van der Waals surface area contributed by atoms with Crippen LogP contribution in [0.25, 0.3) is 0 Å². The number of carbonyl (C=O) groups excluding carboxylic acids is 2. The number of esters is 1. The number of ether oxygens (including phenoxy) is 2. The Morgan fingerprint density at radius 1 is 1.19 bits per heavy atom. The molecule has 4 rings (SSSR count). The highest BCUT2D eigenvalue weighted by Crippen LogP contribution is 2.40. The molecule has 0 bridgehead atoms. The fraction of sp³-hybridized carbons (Fsp3) is 0.481. The van der Waals surface area contributed by atoms with Gasteiger partial charge in [0.1, 0.15) is 17.4 Å². The lowest BCUT2D eigenvalue weighted by molar-refractivity contribution is -0.113. The molecule has 1 aromatic carbocycles. The number of nitrogens with zero attached hydrogens (tertiary/aromatic N) is 3. The largest absolute Gasteiger partial charge is 0.486 e. The molecule has 37 heavy (non-hydrogen) atoms. The number of aryl methyl sites for hydroxylation is 2. The lowest BCUT2D eigenvalue weighted by Gasteiger charge is -2.18. The Hall–Kier alpha value is -2.85. The molecule has 1 unspecified atom stereocenters. The predicted molar refractivity (Wildman–Crippen MR) is 147 cm³/mol. The van der Waals surface area contributed by atoms with E-state index in [-0.39, 0.29) is 17.6 Å². The number of thiophene rings is 1. The number of nitrogens with one attached hydrogen (secondary N) is 1. The number of hydrogen-bond donors (Lipinski definition) is 1. The molecule has 0 saturated heterocycles. The van der Waals surface area contributed by atoms with Crippen molar-refractivity contribution in [2.75, 3.05) is 17.7 Å². The Balaban J connectivity index is 1.41. The molecule has 1 N–H and O–H groups in total. The minimum Gasteiger partial charge on any atom is -0.486 e. The van der Waals surface area contributed by atoms with Gasteiger partial charge in [-0.15, -0.1) is 21.5 Å². The number of thioether (sulfide) groups is 1. The van der Waals surface area contributed by atoms with Crippen LogP contribution >= 0.6 is 23.1 Å². The van der Waals surface area contributed by atoms with Crippen LogP contribution in [-0.4, -0.2) is 39.0 Å². The standard InChI is InChI=1S/C27H34N4O4S2/c1-6-31-22(14-35-19-11-17(4)10-18(5)12-19)29-30-27(31)36-15-23(32)28-25-24(26(33)34-7-2)20-9-8-16(3)13-21(20)37-25/h10-12,16H,6-9,13-15H2,1-5H3,(H,28,32). The Labute approximate surface area is 226 Å². The molecular formula is C27H34N4O4S2. The van der Waals surface area contributed by atoms with Gasteiger partial charge in [0.05, 0.1) is 17.9 Å².